The first kappa shape index (κ1) is 19.1. The quantitative estimate of drug-likeness (QED) is 0.693. The molecule has 0 aliphatic rings. The summed E-state index contributed by atoms with van der Waals surface area (Å²) in [5.74, 6) is -0.250. The van der Waals surface area contributed by atoms with Gasteiger partial charge >= 0.3 is 0 Å². The van der Waals surface area contributed by atoms with Crippen LogP contribution < -0.4 is 5.32 Å². The lowest BCUT2D eigenvalue weighted by molar-refractivity contribution is -0.115. The summed E-state index contributed by atoms with van der Waals surface area (Å²) in [6, 6.07) is 14.3. The molecule has 2 aromatic carbocycles. The van der Waals surface area contributed by atoms with Gasteiger partial charge < -0.3 is 10.2 Å². The molecule has 0 aliphatic heterocycles. The van der Waals surface area contributed by atoms with Crippen LogP contribution in [0.15, 0.2) is 53.9 Å². The lowest BCUT2D eigenvalue weighted by atomic mass is 10.2. The second kappa shape index (κ2) is 8.33. The number of carbonyl (C=O) groups excluding carboxylic acids is 2. The number of hydrogen-bond donors (Lipinski definition) is 1. The Balaban J connectivity index is 1.63. The zero-order valence-electron chi connectivity index (χ0n) is 14.9. The summed E-state index contributed by atoms with van der Waals surface area (Å²) >= 11 is 7.65. The van der Waals surface area contributed by atoms with Crippen LogP contribution in [0.4, 0.5) is 5.69 Å². The molecule has 0 unspecified atom stereocenters. The standard InChI is InChI=1S/C20H18ClN3O2S/c1-24(2)20(26)13-7-9-14(10-8-13)22-18(25)11-15-12-27-19(23-15)16-5-3-4-6-17(16)21/h3-10,12H,11H2,1-2H3,(H,22,25). The minimum Gasteiger partial charge on any atom is -0.345 e. The highest BCUT2D eigenvalue weighted by atomic mass is 35.5. The molecule has 0 fully saturated rings. The number of carbonyl (C=O) groups is 2. The molecule has 138 valence electrons. The topological polar surface area (TPSA) is 62.3 Å². The number of rotatable bonds is 5. The van der Waals surface area contributed by atoms with Crippen LogP contribution >= 0.6 is 22.9 Å². The summed E-state index contributed by atoms with van der Waals surface area (Å²) in [6.07, 6.45) is 0.166. The minimum atomic E-state index is -0.169. The first-order valence-electron chi connectivity index (χ1n) is 8.25. The lowest BCUT2D eigenvalue weighted by Gasteiger charge is -2.10. The summed E-state index contributed by atoms with van der Waals surface area (Å²) in [6.45, 7) is 0. The maximum atomic E-state index is 12.3. The van der Waals surface area contributed by atoms with Gasteiger partial charge in [-0.15, -0.1) is 11.3 Å². The Labute approximate surface area is 166 Å². The Morgan fingerprint density at radius 1 is 1.11 bits per heavy atom. The van der Waals surface area contributed by atoms with Crippen LogP contribution in [0.5, 0.6) is 0 Å². The third kappa shape index (κ3) is 4.72. The fourth-order valence-electron chi connectivity index (χ4n) is 2.47. The van der Waals surface area contributed by atoms with Gasteiger partial charge in [0.25, 0.3) is 5.91 Å². The first-order chi connectivity index (χ1) is 12.9. The van der Waals surface area contributed by atoms with Gasteiger partial charge in [0.2, 0.25) is 5.91 Å². The lowest BCUT2D eigenvalue weighted by Crippen LogP contribution is -2.21. The SMILES string of the molecule is CN(C)C(=O)c1ccc(NC(=O)Cc2csc(-c3ccccc3Cl)n2)cc1. The molecule has 0 saturated heterocycles. The van der Waals surface area contributed by atoms with Crippen LogP contribution in [-0.4, -0.2) is 35.8 Å². The van der Waals surface area contributed by atoms with Crippen molar-refractivity contribution in [3.05, 3.63) is 70.2 Å². The van der Waals surface area contributed by atoms with Crippen molar-refractivity contribution in [2.75, 3.05) is 19.4 Å². The Morgan fingerprint density at radius 3 is 2.48 bits per heavy atom. The van der Waals surface area contributed by atoms with Gasteiger partial charge in [0.15, 0.2) is 0 Å². The monoisotopic (exact) mass is 399 g/mol. The van der Waals surface area contributed by atoms with Gasteiger partial charge in [0.1, 0.15) is 5.01 Å². The Morgan fingerprint density at radius 2 is 1.81 bits per heavy atom. The smallest absolute Gasteiger partial charge is 0.253 e. The van der Waals surface area contributed by atoms with E-state index in [9.17, 15) is 9.59 Å². The number of anilines is 1. The molecule has 1 heterocycles. The van der Waals surface area contributed by atoms with Crippen LogP contribution in [0.25, 0.3) is 10.6 Å². The Kier molecular flexibility index (Phi) is 5.88. The molecule has 3 aromatic rings. The summed E-state index contributed by atoms with van der Waals surface area (Å²) in [4.78, 5) is 30.2. The Hall–Kier alpha value is -2.70. The number of nitrogens with one attached hydrogen (secondary N) is 1. The van der Waals surface area contributed by atoms with Crippen LogP contribution in [-0.2, 0) is 11.2 Å². The molecule has 0 atom stereocenters. The zero-order valence-corrected chi connectivity index (χ0v) is 16.5. The van der Waals surface area contributed by atoms with E-state index in [0.29, 0.717) is 22.0 Å². The highest BCUT2D eigenvalue weighted by Crippen LogP contribution is 2.30. The molecule has 1 aromatic heterocycles. The molecule has 7 heteroatoms. The van der Waals surface area contributed by atoms with Crippen molar-refractivity contribution in [2.45, 2.75) is 6.42 Å². The molecule has 0 saturated carbocycles. The fraction of sp³-hybridized carbons (Fsp3) is 0.150. The van der Waals surface area contributed by atoms with Crippen LogP contribution in [0.1, 0.15) is 16.1 Å². The molecule has 0 aliphatic carbocycles. The zero-order chi connectivity index (χ0) is 19.4. The number of hydrogen-bond acceptors (Lipinski definition) is 4. The van der Waals surface area contributed by atoms with Crippen molar-refractivity contribution in [3.63, 3.8) is 0 Å². The average Bonchev–Trinajstić information content (AvgIpc) is 3.10. The molecular weight excluding hydrogens is 382 g/mol. The third-order valence-electron chi connectivity index (χ3n) is 3.82. The molecule has 0 bridgehead atoms. The number of amides is 2. The molecule has 3 rings (SSSR count). The fourth-order valence-corrected chi connectivity index (χ4v) is 3.61. The van der Waals surface area contributed by atoms with E-state index in [1.54, 1.807) is 38.4 Å². The highest BCUT2D eigenvalue weighted by molar-refractivity contribution is 7.13. The van der Waals surface area contributed by atoms with Crippen molar-refractivity contribution in [1.29, 1.82) is 0 Å². The summed E-state index contributed by atoms with van der Waals surface area (Å²) in [5, 5.41) is 6.10. The summed E-state index contributed by atoms with van der Waals surface area (Å²) in [5.41, 5.74) is 2.75. The van der Waals surface area contributed by atoms with E-state index in [-0.39, 0.29) is 18.2 Å². The molecule has 27 heavy (non-hydrogen) atoms. The van der Waals surface area contributed by atoms with E-state index in [4.69, 9.17) is 11.6 Å². The van der Waals surface area contributed by atoms with Gasteiger partial charge in [0.05, 0.1) is 17.1 Å². The van der Waals surface area contributed by atoms with Crippen LogP contribution in [0, 0.1) is 0 Å². The van der Waals surface area contributed by atoms with Crippen molar-refractivity contribution >= 4 is 40.4 Å². The predicted octanol–water partition coefficient (Wildman–Crippen LogP) is 4.35. The minimum absolute atomic E-state index is 0.0811. The molecule has 2 amide bonds. The average molecular weight is 400 g/mol. The van der Waals surface area contributed by atoms with Crippen LogP contribution in [0.2, 0.25) is 5.02 Å². The van der Waals surface area contributed by atoms with E-state index in [1.807, 2.05) is 29.6 Å². The van der Waals surface area contributed by atoms with Crippen molar-refractivity contribution in [2.24, 2.45) is 0 Å². The van der Waals surface area contributed by atoms with Gasteiger partial charge in [-0.2, -0.15) is 0 Å². The molecule has 0 radical (unpaired) electrons. The number of nitrogens with zero attached hydrogens (tertiary/aromatic N) is 2. The van der Waals surface area contributed by atoms with Crippen LogP contribution in [0.3, 0.4) is 0 Å². The summed E-state index contributed by atoms with van der Waals surface area (Å²) < 4.78 is 0. The van der Waals surface area contributed by atoms with Gasteiger partial charge in [-0.25, -0.2) is 4.98 Å². The number of thiazole rings is 1. The third-order valence-corrected chi connectivity index (χ3v) is 5.07. The first-order valence-corrected chi connectivity index (χ1v) is 9.50. The highest BCUT2D eigenvalue weighted by Gasteiger charge is 2.12. The predicted molar refractivity (Wildman–Crippen MR) is 109 cm³/mol. The van der Waals surface area contributed by atoms with E-state index < -0.39 is 0 Å². The van der Waals surface area contributed by atoms with E-state index >= 15 is 0 Å². The molecule has 5 nitrogen and oxygen atoms in total. The van der Waals surface area contributed by atoms with Crippen molar-refractivity contribution < 1.29 is 9.59 Å². The largest absolute Gasteiger partial charge is 0.345 e. The second-order valence-electron chi connectivity index (χ2n) is 6.13. The van der Waals surface area contributed by atoms with Gasteiger partial charge in [-0.1, -0.05) is 29.8 Å². The maximum Gasteiger partial charge on any atom is 0.253 e. The summed E-state index contributed by atoms with van der Waals surface area (Å²) in [7, 11) is 3.39. The molecular formula is C20H18ClN3O2S. The second-order valence-corrected chi connectivity index (χ2v) is 7.39. The van der Waals surface area contributed by atoms with E-state index in [0.717, 1.165) is 10.6 Å². The number of halogens is 1. The molecule has 0 spiro atoms. The van der Waals surface area contributed by atoms with Crippen molar-refractivity contribution in [3.8, 4) is 10.6 Å². The normalized spacial score (nSPS) is 10.5. The maximum absolute atomic E-state index is 12.3. The number of aromatic nitrogens is 1. The van der Waals surface area contributed by atoms with Gasteiger partial charge in [-0.05, 0) is 30.3 Å². The number of benzene rings is 2. The van der Waals surface area contributed by atoms with E-state index in [1.165, 1.54) is 16.2 Å². The van der Waals surface area contributed by atoms with Gasteiger partial charge in [0, 0.05) is 36.3 Å². The Bertz CT molecular complexity index is 967. The van der Waals surface area contributed by atoms with Gasteiger partial charge in [-0.3, -0.25) is 9.59 Å². The van der Waals surface area contributed by atoms with Crippen molar-refractivity contribution in [1.82, 2.24) is 9.88 Å². The molecule has 1 N–H and O–H groups in total. The van der Waals surface area contributed by atoms with E-state index in [2.05, 4.69) is 10.3 Å².